The Balaban J connectivity index is 5.03. The molecule has 0 rings (SSSR count). The summed E-state index contributed by atoms with van der Waals surface area (Å²) in [5, 5.41) is 25.2. The van der Waals surface area contributed by atoms with Gasteiger partial charge in [0.15, 0.2) is 0 Å². The largest absolute Gasteiger partial charge is 0.481 e. The summed E-state index contributed by atoms with van der Waals surface area (Å²) in [6.45, 7) is 5.04. The molecule has 0 aliphatic heterocycles. The highest BCUT2D eigenvalue weighted by molar-refractivity contribution is 7.98. The molecule has 11 nitrogen and oxygen atoms in total. The van der Waals surface area contributed by atoms with Gasteiger partial charge in [0.2, 0.25) is 17.7 Å². The normalized spacial score (nSPS) is 14.9. The molecule has 30 heavy (non-hydrogen) atoms. The van der Waals surface area contributed by atoms with Gasteiger partial charge in [0, 0.05) is 0 Å². The van der Waals surface area contributed by atoms with Crippen LogP contribution in [-0.4, -0.2) is 76.0 Å². The van der Waals surface area contributed by atoms with E-state index >= 15 is 0 Å². The fourth-order valence-electron chi connectivity index (χ4n) is 2.43. The summed E-state index contributed by atoms with van der Waals surface area (Å²) in [7, 11) is 0. The number of thioether (sulfide) groups is 1. The third kappa shape index (κ3) is 11.0. The lowest BCUT2D eigenvalue weighted by atomic mass is 10.0. The van der Waals surface area contributed by atoms with E-state index in [1.807, 2.05) is 20.1 Å². The van der Waals surface area contributed by atoms with E-state index in [0.717, 1.165) is 0 Å². The summed E-state index contributed by atoms with van der Waals surface area (Å²) in [6, 6.07) is -4.48. The lowest BCUT2D eigenvalue weighted by Crippen LogP contribution is -2.56. The zero-order chi connectivity index (χ0) is 23.4. The van der Waals surface area contributed by atoms with Crippen molar-refractivity contribution >= 4 is 41.4 Å². The Bertz CT molecular complexity index is 630. The molecule has 0 aromatic carbocycles. The molecular formula is C18H32N4O7S. The van der Waals surface area contributed by atoms with E-state index in [-0.39, 0.29) is 18.8 Å². The van der Waals surface area contributed by atoms with Gasteiger partial charge in [-0.15, -0.1) is 0 Å². The van der Waals surface area contributed by atoms with Crippen LogP contribution in [0.15, 0.2) is 0 Å². The Morgan fingerprint density at radius 2 is 1.47 bits per heavy atom. The summed E-state index contributed by atoms with van der Waals surface area (Å²) in [5.41, 5.74) is 5.52. The molecule has 0 spiro atoms. The van der Waals surface area contributed by atoms with Gasteiger partial charge in [-0.25, -0.2) is 4.79 Å². The van der Waals surface area contributed by atoms with Crippen LogP contribution in [0.4, 0.5) is 0 Å². The van der Waals surface area contributed by atoms with Crippen LogP contribution >= 0.6 is 11.8 Å². The Morgan fingerprint density at radius 1 is 0.900 bits per heavy atom. The van der Waals surface area contributed by atoms with E-state index in [2.05, 4.69) is 16.0 Å². The van der Waals surface area contributed by atoms with Crippen molar-refractivity contribution in [2.45, 2.75) is 64.2 Å². The number of carbonyl (C=O) groups is 5. The van der Waals surface area contributed by atoms with E-state index in [4.69, 9.17) is 10.8 Å². The number of hydrogen-bond donors (Lipinski definition) is 6. The second-order valence-electron chi connectivity index (χ2n) is 7.31. The zero-order valence-corrected chi connectivity index (χ0v) is 18.5. The molecule has 7 N–H and O–H groups in total. The molecule has 0 aliphatic carbocycles. The van der Waals surface area contributed by atoms with Crippen molar-refractivity contribution in [3.05, 3.63) is 0 Å². The standard InChI is InChI=1S/C18H32N4O7S/c1-9(2)7-13(18(28)29)22-15(25)10(3)20-17(27)12(5-6-30-4)21-16(26)11(19)8-14(23)24/h9-13H,5-8,19H2,1-4H3,(H,20,27)(H,21,26)(H,22,25)(H,23,24)(H,28,29). The molecule has 0 radical (unpaired) electrons. The summed E-state index contributed by atoms with van der Waals surface area (Å²) in [4.78, 5) is 58.9. The van der Waals surface area contributed by atoms with E-state index in [1.54, 1.807) is 0 Å². The molecule has 3 amide bonds. The van der Waals surface area contributed by atoms with Crippen LogP contribution in [0, 0.1) is 5.92 Å². The SMILES string of the molecule is CSCCC(NC(=O)C(N)CC(=O)O)C(=O)NC(C)C(=O)NC(CC(C)C)C(=O)O. The van der Waals surface area contributed by atoms with Gasteiger partial charge in [0.05, 0.1) is 12.5 Å². The molecule has 0 saturated heterocycles. The molecule has 0 aliphatic rings. The Morgan fingerprint density at radius 3 is 1.93 bits per heavy atom. The molecule has 4 atom stereocenters. The van der Waals surface area contributed by atoms with Crippen LogP contribution in [0.5, 0.6) is 0 Å². The maximum absolute atomic E-state index is 12.6. The number of nitrogens with one attached hydrogen (secondary N) is 3. The highest BCUT2D eigenvalue weighted by Crippen LogP contribution is 2.06. The third-order valence-electron chi connectivity index (χ3n) is 4.05. The molecule has 4 unspecified atom stereocenters. The maximum Gasteiger partial charge on any atom is 0.326 e. The Hall–Kier alpha value is -2.34. The number of amides is 3. The van der Waals surface area contributed by atoms with Crippen LogP contribution in [-0.2, 0) is 24.0 Å². The lowest BCUT2D eigenvalue weighted by molar-refractivity contribution is -0.142. The van der Waals surface area contributed by atoms with Crippen molar-refractivity contribution in [2.75, 3.05) is 12.0 Å². The van der Waals surface area contributed by atoms with E-state index < -0.39 is 60.2 Å². The van der Waals surface area contributed by atoms with Gasteiger partial charge in [-0.3, -0.25) is 19.2 Å². The average molecular weight is 449 g/mol. The lowest BCUT2D eigenvalue weighted by Gasteiger charge is -2.23. The number of carbonyl (C=O) groups excluding carboxylic acids is 3. The van der Waals surface area contributed by atoms with Crippen molar-refractivity contribution in [2.24, 2.45) is 11.7 Å². The smallest absolute Gasteiger partial charge is 0.326 e. The molecule has 0 aromatic heterocycles. The molecule has 0 heterocycles. The van der Waals surface area contributed by atoms with E-state index in [0.29, 0.717) is 5.75 Å². The van der Waals surface area contributed by atoms with Crippen molar-refractivity contribution in [1.29, 1.82) is 0 Å². The first-order valence-corrected chi connectivity index (χ1v) is 10.9. The van der Waals surface area contributed by atoms with E-state index in [9.17, 15) is 29.1 Å². The first-order valence-electron chi connectivity index (χ1n) is 9.49. The molecule has 172 valence electrons. The summed E-state index contributed by atoms with van der Waals surface area (Å²) in [6.07, 6.45) is 1.69. The fourth-order valence-corrected chi connectivity index (χ4v) is 2.90. The zero-order valence-electron chi connectivity index (χ0n) is 17.6. The molecule has 0 fully saturated rings. The van der Waals surface area contributed by atoms with Crippen LogP contribution in [0.25, 0.3) is 0 Å². The van der Waals surface area contributed by atoms with Gasteiger partial charge in [-0.1, -0.05) is 13.8 Å². The second-order valence-corrected chi connectivity index (χ2v) is 8.29. The molecular weight excluding hydrogens is 416 g/mol. The number of carboxylic acid groups (broad SMARTS) is 2. The summed E-state index contributed by atoms with van der Waals surface area (Å²) < 4.78 is 0. The van der Waals surface area contributed by atoms with Crippen LogP contribution in [0.3, 0.4) is 0 Å². The van der Waals surface area contributed by atoms with Crippen LogP contribution < -0.4 is 21.7 Å². The van der Waals surface area contributed by atoms with Crippen molar-refractivity contribution in [3.63, 3.8) is 0 Å². The highest BCUT2D eigenvalue weighted by Gasteiger charge is 2.28. The highest BCUT2D eigenvalue weighted by atomic mass is 32.2. The Kier molecular flexibility index (Phi) is 12.7. The minimum atomic E-state index is -1.32. The van der Waals surface area contributed by atoms with Gasteiger partial charge in [-0.2, -0.15) is 11.8 Å². The van der Waals surface area contributed by atoms with Crippen LogP contribution in [0.1, 0.15) is 40.0 Å². The minimum absolute atomic E-state index is 0.0393. The van der Waals surface area contributed by atoms with Crippen molar-refractivity contribution in [3.8, 4) is 0 Å². The first-order chi connectivity index (χ1) is 13.9. The van der Waals surface area contributed by atoms with Gasteiger partial charge >= 0.3 is 11.9 Å². The number of rotatable bonds is 14. The predicted octanol–water partition coefficient (Wildman–Crippen LogP) is -0.853. The Labute approximate surface area is 179 Å². The fraction of sp³-hybridized carbons (Fsp3) is 0.722. The molecule has 0 aromatic rings. The monoisotopic (exact) mass is 448 g/mol. The maximum atomic E-state index is 12.6. The number of carboxylic acids is 2. The molecule has 0 bridgehead atoms. The topological polar surface area (TPSA) is 188 Å². The average Bonchev–Trinajstić information content (AvgIpc) is 2.62. The summed E-state index contributed by atoms with van der Waals surface area (Å²) in [5.74, 6) is -3.98. The van der Waals surface area contributed by atoms with Gasteiger partial charge < -0.3 is 31.9 Å². The van der Waals surface area contributed by atoms with Crippen molar-refractivity contribution < 1.29 is 34.2 Å². The number of hydrogen-bond acceptors (Lipinski definition) is 7. The molecule has 0 saturated carbocycles. The van der Waals surface area contributed by atoms with Crippen molar-refractivity contribution in [1.82, 2.24) is 16.0 Å². The minimum Gasteiger partial charge on any atom is -0.481 e. The van der Waals surface area contributed by atoms with Crippen LogP contribution in [0.2, 0.25) is 0 Å². The van der Waals surface area contributed by atoms with Gasteiger partial charge in [0.1, 0.15) is 18.1 Å². The van der Waals surface area contributed by atoms with E-state index in [1.165, 1.54) is 18.7 Å². The third-order valence-corrected chi connectivity index (χ3v) is 4.69. The number of aliphatic carboxylic acids is 2. The van der Waals surface area contributed by atoms with Gasteiger partial charge in [-0.05, 0) is 37.7 Å². The predicted molar refractivity (Wildman–Crippen MR) is 112 cm³/mol. The van der Waals surface area contributed by atoms with Gasteiger partial charge in [0.25, 0.3) is 0 Å². The first kappa shape index (κ1) is 27.7. The summed E-state index contributed by atoms with van der Waals surface area (Å²) >= 11 is 1.43. The quantitative estimate of drug-likeness (QED) is 0.197. The second kappa shape index (κ2) is 13.8. The number of nitrogens with two attached hydrogens (primary N) is 1. The molecule has 12 heteroatoms.